The van der Waals surface area contributed by atoms with E-state index in [-0.39, 0.29) is 33.9 Å². The first-order chi connectivity index (χ1) is 48.5. The van der Waals surface area contributed by atoms with Gasteiger partial charge in [-0.3, -0.25) is 0 Å². The lowest BCUT2D eigenvalue weighted by Gasteiger charge is -2.58. The van der Waals surface area contributed by atoms with Crippen molar-refractivity contribution in [2.45, 2.75) is 275 Å². The number of carbonyl (C=O) groups excluding carboxylic acids is 2. The van der Waals surface area contributed by atoms with Crippen molar-refractivity contribution in [3.8, 4) is 22.6 Å². The summed E-state index contributed by atoms with van der Waals surface area (Å²) in [6, 6.07) is 31.2. The van der Waals surface area contributed by atoms with Crippen LogP contribution in [0, 0.1) is 92.7 Å². The van der Waals surface area contributed by atoms with E-state index in [1.54, 1.807) is 0 Å². The highest BCUT2D eigenvalue weighted by Crippen LogP contribution is 2.70. The first kappa shape index (κ1) is 70.2. The van der Waals surface area contributed by atoms with Gasteiger partial charge in [0.05, 0.1) is 0 Å². The van der Waals surface area contributed by atoms with E-state index >= 15 is 9.59 Å². The average molecular weight is 1370 g/mol. The smallest absolute Gasteiger partial charge is 0.430 e. The molecule has 16 rings (SSSR count). The largest absolute Gasteiger partial charge is 0.514 e. The van der Waals surface area contributed by atoms with Gasteiger partial charge in [-0.1, -0.05) is 245 Å². The summed E-state index contributed by atoms with van der Waals surface area (Å²) in [5.41, 5.74) is 7.81. The molecule has 0 heterocycles. The van der Waals surface area contributed by atoms with Crippen LogP contribution in [0.2, 0.25) is 0 Å². The fourth-order valence-electron chi connectivity index (χ4n) is 25.3. The molecule has 0 bridgehead atoms. The van der Waals surface area contributed by atoms with Gasteiger partial charge >= 0.3 is 12.3 Å². The third kappa shape index (κ3) is 11.8. The summed E-state index contributed by atoms with van der Waals surface area (Å²) in [4.78, 5) is 30.5. The molecule has 0 amide bonds. The number of rotatable bonds is 15. The summed E-state index contributed by atoms with van der Waals surface area (Å²) >= 11 is 0. The first-order valence-corrected chi connectivity index (χ1v) is 41.2. The maximum Gasteiger partial charge on any atom is 0.514 e. The van der Waals surface area contributed by atoms with E-state index in [4.69, 9.17) is 18.9 Å². The zero-order chi connectivity index (χ0) is 71.5. The van der Waals surface area contributed by atoms with E-state index in [1.165, 1.54) is 112 Å². The average Bonchev–Trinajstić information content (AvgIpc) is 1.12. The van der Waals surface area contributed by atoms with Crippen LogP contribution in [-0.4, -0.2) is 24.5 Å². The van der Waals surface area contributed by atoms with Gasteiger partial charge in [-0.05, 0) is 281 Å². The lowest BCUT2D eigenvalue weighted by Crippen LogP contribution is -2.51. The molecule has 0 N–H and O–H groups in total. The lowest BCUT2D eigenvalue weighted by atomic mass is 9.47. The SMILES string of the molecule is CC(C)CCC[C@@H](C)[C@@H]1CC[C@H]2[C@@H]3CC=C4C[C@@H](OC(=O)Oc5cc6ccc7cc(C(C)(C)C)cc8ccc(c5-c5c(OC(=O)O[C@H]9CC[C@@]%10(C)C(=CC[C@H]%11[C@@H]%12CC[C@@H]([C@H](C)CCCC(C)C)[C@@]%12(C)CC[C@@H]%11%10)C9)cc9ccc%10cc(C(C)(C)C)cc%11ccc5c9c%10%11)c6c78)CC[C@]4(C)[C@H]3CC[C@@]21C. The van der Waals surface area contributed by atoms with Gasteiger partial charge in [0.25, 0.3) is 0 Å². The van der Waals surface area contributed by atoms with Gasteiger partial charge < -0.3 is 18.9 Å². The predicted molar refractivity (Wildman–Crippen MR) is 425 cm³/mol. The minimum Gasteiger partial charge on any atom is -0.430 e. The van der Waals surface area contributed by atoms with Crippen LogP contribution in [0.15, 0.2) is 108 Å². The summed E-state index contributed by atoms with van der Waals surface area (Å²) in [5.74, 6) is 9.85. The Morgan fingerprint density at radius 3 is 1.16 bits per heavy atom. The van der Waals surface area contributed by atoms with Crippen LogP contribution in [0.25, 0.3) is 75.8 Å². The number of fused-ring (bicyclic) bond motifs is 10. The summed E-state index contributed by atoms with van der Waals surface area (Å²) in [6.07, 6.45) is 29.5. The second kappa shape index (κ2) is 25.8. The maximum absolute atomic E-state index is 15.3. The van der Waals surface area contributed by atoms with Gasteiger partial charge in [0, 0.05) is 24.0 Å². The Bertz CT molecular complexity index is 4270. The minimum atomic E-state index is -0.701. The zero-order valence-corrected chi connectivity index (χ0v) is 65.3. The van der Waals surface area contributed by atoms with Crippen molar-refractivity contribution in [2.24, 2.45) is 92.7 Å². The van der Waals surface area contributed by atoms with E-state index in [1.807, 2.05) is 0 Å². The van der Waals surface area contributed by atoms with Crippen LogP contribution in [0.1, 0.15) is 263 Å². The molecule has 6 heteroatoms. The molecule has 8 aromatic rings. The van der Waals surface area contributed by atoms with Gasteiger partial charge in [0.2, 0.25) is 0 Å². The van der Waals surface area contributed by atoms with Gasteiger partial charge in [-0.2, -0.15) is 0 Å². The van der Waals surface area contributed by atoms with Crippen LogP contribution in [0.5, 0.6) is 11.5 Å². The Kier molecular flexibility index (Phi) is 17.8. The third-order valence-electron chi connectivity index (χ3n) is 30.8. The number of allylic oxidation sites excluding steroid dienone is 2. The van der Waals surface area contributed by atoms with E-state index in [9.17, 15) is 0 Å². The number of hydrogen-bond donors (Lipinski definition) is 0. The summed E-state index contributed by atoms with van der Waals surface area (Å²) in [5, 5.41) is 12.8. The molecule has 8 aromatic carbocycles. The Morgan fingerprint density at radius 1 is 0.431 bits per heavy atom. The molecular formula is C96H122O6. The van der Waals surface area contributed by atoms with Crippen molar-refractivity contribution in [3.05, 3.63) is 119 Å². The summed E-state index contributed by atoms with van der Waals surface area (Å²) in [6.45, 7) is 38.9. The zero-order valence-electron chi connectivity index (χ0n) is 65.3. The van der Waals surface area contributed by atoms with Crippen molar-refractivity contribution in [3.63, 3.8) is 0 Å². The van der Waals surface area contributed by atoms with Gasteiger partial charge in [0.15, 0.2) is 0 Å². The summed E-state index contributed by atoms with van der Waals surface area (Å²) < 4.78 is 27.2. The van der Waals surface area contributed by atoms with Gasteiger partial charge in [0.1, 0.15) is 23.7 Å². The van der Waals surface area contributed by atoms with Crippen molar-refractivity contribution < 1.29 is 28.5 Å². The minimum absolute atomic E-state index is 0.0701. The number of benzene rings is 8. The number of ether oxygens (including phenoxy) is 4. The molecule has 16 atom stereocenters. The van der Waals surface area contributed by atoms with E-state index < -0.39 is 12.3 Å². The highest BCUT2D eigenvalue weighted by atomic mass is 16.7. The quantitative estimate of drug-likeness (QED) is 0.0441. The molecule has 0 radical (unpaired) electrons. The highest BCUT2D eigenvalue weighted by molar-refractivity contribution is 6.31. The molecule has 0 spiro atoms. The van der Waals surface area contributed by atoms with E-state index in [2.05, 4.69) is 208 Å². The van der Waals surface area contributed by atoms with Gasteiger partial charge in [-0.15, -0.1) is 0 Å². The highest BCUT2D eigenvalue weighted by Gasteiger charge is 2.61. The van der Waals surface area contributed by atoms with E-state index in [0.717, 1.165) is 175 Å². The van der Waals surface area contributed by atoms with Crippen LogP contribution in [0.3, 0.4) is 0 Å². The van der Waals surface area contributed by atoms with Crippen LogP contribution in [-0.2, 0) is 20.3 Å². The summed E-state index contributed by atoms with van der Waals surface area (Å²) in [7, 11) is 0. The molecule has 8 aliphatic carbocycles. The standard InChI is InChI=1S/C96H122O6/c1-55(2)19-17-21-57(5)75-35-37-77-71-33-29-65-53-69(39-43-93(65,13)79(71)41-45-95(75,77)15)99-89(97)101-81-51-63-25-23-59-47-67(91(7,8)9)49-61-27-31-73(85(63)83(59)61)87(81)88-74-32-28-62-50-68(92(10,11)12)48-60-24-26-64(86(74)84(60)62)52-82(88)102-90(98)100-70-40-44-94(14)66(54-70)30-34-72-78-38-36-76(58(6)22-18-20-56(3)4)96(78,16)46-42-80(72)94/h23-32,47-52,55-58,69-72,75-80H,17-22,33-46,53-54H2,1-16H3/t57-,58-,69+,70+,71+,72+,75+,76+,77+,78+,79+,80+,93+,94+,95-,96-/m1/s1. The van der Waals surface area contributed by atoms with Gasteiger partial charge in [-0.25, -0.2) is 9.59 Å². The second-order valence-corrected chi connectivity index (χ2v) is 39.4. The topological polar surface area (TPSA) is 71.1 Å². The maximum atomic E-state index is 15.3. The van der Waals surface area contributed by atoms with Crippen molar-refractivity contribution >= 4 is 76.9 Å². The van der Waals surface area contributed by atoms with Crippen molar-refractivity contribution in [2.75, 3.05) is 0 Å². The molecule has 8 aliphatic rings. The molecule has 6 nitrogen and oxygen atoms in total. The molecule has 6 fully saturated rings. The Hall–Kier alpha value is -6.14. The van der Waals surface area contributed by atoms with Crippen molar-refractivity contribution in [1.29, 1.82) is 0 Å². The number of carbonyl (C=O) groups is 2. The Morgan fingerprint density at radius 2 is 0.794 bits per heavy atom. The van der Waals surface area contributed by atoms with Crippen LogP contribution in [0.4, 0.5) is 9.59 Å². The van der Waals surface area contributed by atoms with Crippen LogP contribution < -0.4 is 9.47 Å². The molecule has 6 saturated carbocycles. The Labute approximate surface area is 611 Å². The molecule has 0 aromatic heterocycles. The second-order valence-electron chi connectivity index (χ2n) is 39.4. The fourth-order valence-corrected chi connectivity index (χ4v) is 25.3. The van der Waals surface area contributed by atoms with Crippen LogP contribution >= 0.6 is 0 Å². The van der Waals surface area contributed by atoms with E-state index in [0.29, 0.717) is 45.3 Å². The molecule has 0 unspecified atom stereocenters. The fraction of sp³-hybridized carbons (Fsp3) is 0.604. The molecular weight excluding hydrogens is 1250 g/mol. The number of hydrogen-bond acceptors (Lipinski definition) is 6. The lowest BCUT2D eigenvalue weighted by molar-refractivity contribution is -0.0597. The van der Waals surface area contributed by atoms with Crippen molar-refractivity contribution in [1.82, 2.24) is 0 Å². The molecule has 0 saturated heterocycles. The first-order valence-electron chi connectivity index (χ1n) is 41.2. The Balaban J connectivity index is 0.732. The molecule has 542 valence electrons. The molecule has 102 heavy (non-hydrogen) atoms. The molecule has 0 aliphatic heterocycles. The predicted octanol–water partition coefficient (Wildman–Crippen LogP) is 27.6. The normalized spacial score (nSPS) is 31.6. The third-order valence-corrected chi connectivity index (χ3v) is 30.8. The monoisotopic (exact) mass is 1370 g/mol.